The third-order valence-corrected chi connectivity index (χ3v) is 8.73. The van der Waals surface area contributed by atoms with Gasteiger partial charge in [-0.1, -0.05) is 66.7 Å². The standard InChI is InChI=1S/C30H28N2O2/c1-34-28(33)30-20-32(18-21-8-3-2-4-9-21)19-27(30)29(23-11-7-10-22(16-23)17-31)15-14-26(30)24-12-5-6-13-25(24)29/h2-13,16,26-27H,14-15,18-20H2,1H3. The molecule has 1 saturated heterocycles. The Bertz CT molecular complexity index is 1300. The molecule has 1 heterocycles. The third kappa shape index (κ3) is 2.77. The predicted molar refractivity (Wildman–Crippen MR) is 130 cm³/mol. The number of benzene rings is 3. The van der Waals surface area contributed by atoms with Crippen molar-refractivity contribution in [2.75, 3.05) is 20.2 Å². The molecule has 170 valence electrons. The van der Waals surface area contributed by atoms with E-state index in [2.05, 4.69) is 65.6 Å². The van der Waals surface area contributed by atoms with Gasteiger partial charge >= 0.3 is 5.97 Å². The summed E-state index contributed by atoms with van der Waals surface area (Å²) in [5, 5.41) is 9.66. The first kappa shape index (κ1) is 21.1. The van der Waals surface area contributed by atoms with Crippen molar-refractivity contribution in [1.82, 2.24) is 4.90 Å². The van der Waals surface area contributed by atoms with E-state index in [1.54, 1.807) is 0 Å². The van der Waals surface area contributed by atoms with Gasteiger partial charge in [-0.2, -0.15) is 5.26 Å². The molecule has 3 aliphatic carbocycles. The fourth-order valence-electron chi connectivity index (χ4n) is 7.55. The average molecular weight is 449 g/mol. The highest BCUT2D eigenvalue weighted by Gasteiger charge is 2.70. The second-order valence-corrected chi connectivity index (χ2v) is 10.1. The lowest BCUT2D eigenvalue weighted by Gasteiger charge is -2.59. The van der Waals surface area contributed by atoms with Crippen LogP contribution in [0.25, 0.3) is 0 Å². The number of methoxy groups -OCH3 is 1. The first-order chi connectivity index (χ1) is 16.6. The Balaban J connectivity index is 1.56. The van der Waals surface area contributed by atoms with Gasteiger partial charge in [-0.15, -0.1) is 0 Å². The normalized spacial score (nSPS) is 29.2. The molecular weight excluding hydrogens is 420 g/mol. The summed E-state index contributed by atoms with van der Waals surface area (Å²) in [6.07, 6.45) is 1.92. The highest BCUT2D eigenvalue weighted by Crippen LogP contribution is 2.69. The van der Waals surface area contributed by atoms with Crippen molar-refractivity contribution in [1.29, 1.82) is 5.26 Å². The minimum atomic E-state index is -0.598. The van der Waals surface area contributed by atoms with Crippen LogP contribution in [0.2, 0.25) is 0 Å². The number of carbonyl (C=O) groups is 1. The highest BCUT2D eigenvalue weighted by molar-refractivity contribution is 5.82. The lowest BCUT2D eigenvalue weighted by atomic mass is 9.42. The molecule has 3 aromatic rings. The first-order valence-electron chi connectivity index (χ1n) is 12.1. The molecule has 3 aromatic carbocycles. The number of esters is 1. The predicted octanol–water partition coefficient (Wildman–Crippen LogP) is 5.03. The molecule has 0 spiro atoms. The van der Waals surface area contributed by atoms with E-state index in [1.165, 1.54) is 23.8 Å². The molecule has 1 saturated carbocycles. The molecule has 0 radical (unpaired) electrons. The smallest absolute Gasteiger partial charge is 0.314 e. The van der Waals surface area contributed by atoms with Crippen molar-refractivity contribution >= 4 is 5.97 Å². The minimum Gasteiger partial charge on any atom is -0.469 e. The molecule has 2 fully saturated rings. The van der Waals surface area contributed by atoms with Gasteiger partial charge in [0.2, 0.25) is 0 Å². The summed E-state index contributed by atoms with van der Waals surface area (Å²) in [5.74, 6) is 0.134. The molecule has 4 nitrogen and oxygen atoms in total. The summed E-state index contributed by atoms with van der Waals surface area (Å²) in [5.41, 5.74) is 4.76. The minimum absolute atomic E-state index is 0.0822. The second-order valence-electron chi connectivity index (χ2n) is 10.1. The Labute approximate surface area is 200 Å². The van der Waals surface area contributed by atoms with Gasteiger partial charge in [-0.25, -0.2) is 0 Å². The Hall–Kier alpha value is -3.42. The maximum Gasteiger partial charge on any atom is 0.314 e. The molecule has 4 unspecified atom stereocenters. The van der Waals surface area contributed by atoms with Crippen LogP contribution in [0.15, 0.2) is 78.9 Å². The summed E-state index contributed by atoms with van der Waals surface area (Å²) in [6.45, 7) is 2.33. The Morgan fingerprint density at radius 3 is 2.68 bits per heavy atom. The highest BCUT2D eigenvalue weighted by atomic mass is 16.5. The van der Waals surface area contributed by atoms with Crippen LogP contribution in [-0.2, 0) is 21.5 Å². The number of carbonyl (C=O) groups excluding carboxylic acids is 1. The van der Waals surface area contributed by atoms with Crippen LogP contribution in [0.4, 0.5) is 0 Å². The van der Waals surface area contributed by atoms with Crippen LogP contribution in [0.5, 0.6) is 0 Å². The number of hydrogen-bond donors (Lipinski definition) is 0. The van der Waals surface area contributed by atoms with Gasteiger partial charge in [0.1, 0.15) is 0 Å². The lowest BCUT2D eigenvalue weighted by molar-refractivity contribution is -0.161. The van der Waals surface area contributed by atoms with Gasteiger partial charge < -0.3 is 4.74 Å². The van der Waals surface area contributed by atoms with Gasteiger partial charge in [-0.3, -0.25) is 9.69 Å². The van der Waals surface area contributed by atoms with Crippen LogP contribution in [0.1, 0.15) is 46.6 Å². The van der Waals surface area contributed by atoms with Gasteiger partial charge in [0.15, 0.2) is 0 Å². The van der Waals surface area contributed by atoms with Crippen LogP contribution < -0.4 is 0 Å². The van der Waals surface area contributed by atoms with Crippen molar-refractivity contribution in [3.05, 3.63) is 107 Å². The third-order valence-electron chi connectivity index (χ3n) is 8.73. The van der Waals surface area contributed by atoms with Crippen molar-refractivity contribution < 1.29 is 9.53 Å². The summed E-state index contributed by atoms with van der Waals surface area (Å²) in [6, 6.07) is 29.6. The summed E-state index contributed by atoms with van der Waals surface area (Å²) in [7, 11) is 1.53. The maximum atomic E-state index is 13.8. The zero-order valence-electron chi connectivity index (χ0n) is 19.4. The summed E-state index contributed by atoms with van der Waals surface area (Å²) < 4.78 is 5.57. The number of fused-ring (bicyclic) bond motifs is 1. The van der Waals surface area contributed by atoms with E-state index in [9.17, 15) is 10.1 Å². The van der Waals surface area contributed by atoms with Crippen molar-refractivity contribution in [3.63, 3.8) is 0 Å². The van der Waals surface area contributed by atoms with E-state index in [0.717, 1.165) is 31.5 Å². The van der Waals surface area contributed by atoms with E-state index in [4.69, 9.17) is 4.74 Å². The molecule has 34 heavy (non-hydrogen) atoms. The van der Waals surface area contributed by atoms with Crippen LogP contribution in [0, 0.1) is 22.7 Å². The number of nitriles is 1. The Kier molecular flexibility index (Phi) is 4.86. The number of nitrogens with zero attached hydrogens (tertiary/aromatic N) is 2. The Morgan fingerprint density at radius 1 is 1.09 bits per heavy atom. The molecule has 4 aliphatic rings. The van der Waals surface area contributed by atoms with Gasteiger partial charge in [0.05, 0.1) is 24.2 Å². The topological polar surface area (TPSA) is 53.3 Å². The first-order valence-corrected chi connectivity index (χ1v) is 12.1. The number of hydrogen-bond acceptors (Lipinski definition) is 4. The monoisotopic (exact) mass is 448 g/mol. The molecular formula is C30H28N2O2. The fraction of sp³-hybridized carbons (Fsp3) is 0.333. The number of likely N-dealkylation sites (tertiary alicyclic amines) is 1. The summed E-state index contributed by atoms with van der Waals surface area (Å²) in [4.78, 5) is 16.2. The van der Waals surface area contributed by atoms with Crippen molar-refractivity contribution in [2.24, 2.45) is 11.3 Å². The van der Waals surface area contributed by atoms with Gasteiger partial charge in [-0.05, 0) is 47.2 Å². The number of rotatable bonds is 4. The maximum absolute atomic E-state index is 13.8. The lowest BCUT2D eigenvalue weighted by Crippen LogP contribution is -2.60. The van der Waals surface area contributed by atoms with Crippen LogP contribution in [-0.4, -0.2) is 31.1 Å². The molecule has 1 aliphatic heterocycles. The molecule has 7 rings (SSSR count). The van der Waals surface area contributed by atoms with Gasteiger partial charge in [0, 0.05) is 36.9 Å². The van der Waals surface area contributed by atoms with E-state index in [1.807, 2.05) is 24.3 Å². The van der Waals surface area contributed by atoms with Crippen LogP contribution >= 0.6 is 0 Å². The van der Waals surface area contributed by atoms with Gasteiger partial charge in [0.25, 0.3) is 0 Å². The fourth-order valence-corrected chi connectivity index (χ4v) is 7.55. The number of ether oxygens (including phenoxy) is 1. The molecule has 2 bridgehead atoms. The zero-order valence-corrected chi connectivity index (χ0v) is 19.4. The molecule has 4 heteroatoms. The Morgan fingerprint density at radius 2 is 1.88 bits per heavy atom. The SMILES string of the molecule is COC(=O)C12CN(Cc3ccccc3)CC1C1(c3cccc(C#N)c3)CCC2c2ccccc21. The zero-order chi connectivity index (χ0) is 23.3. The van der Waals surface area contributed by atoms with E-state index in [-0.39, 0.29) is 23.2 Å². The average Bonchev–Trinajstić information content (AvgIpc) is 3.30. The second kappa shape index (κ2) is 7.82. The largest absolute Gasteiger partial charge is 0.469 e. The molecule has 0 N–H and O–H groups in total. The molecule has 0 aromatic heterocycles. The van der Waals surface area contributed by atoms with Crippen molar-refractivity contribution in [2.45, 2.75) is 30.7 Å². The van der Waals surface area contributed by atoms with Crippen molar-refractivity contribution in [3.8, 4) is 6.07 Å². The quantitative estimate of drug-likeness (QED) is 0.526. The molecule has 0 amide bonds. The summed E-state index contributed by atoms with van der Waals surface area (Å²) >= 11 is 0. The van der Waals surface area contributed by atoms with E-state index < -0.39 is 5.41 Å². The van der Waals surface area contributed by atoms with E-state index in [0.29, 0.717) is 12.1 Å². The van der Waals surface area contributed by atoms with E-state index >= 15 is 0 Å². The van der Waals surface area contributed by atoms with Crippen LogP contribution in [0.3, 0.4) is 0 Å². The molecule has 4 atom stereocenters.